The van der Waals surface area contributed by atoms with Gasteiger partial charge in [0.2, 0.25) is 0 Å². The lowest BCUT2D eigenvalue weighted by Gasteiger charge is -2.36. The van der Waals surface area contributed by atoms with E-state index in [-0.39, 0.29) is 15.7 Å². The molecule has 6 nitrogen and oxygen atoms in total. The van der Waals surface area contributed by atoms with Crippen LogP contribution in [0.1, 0.15) is 41.6 Å². The second-order valence-electron chi connectivity index (χ2n) is 8.50. The van der Waals surface area contributed by atoms with Crippen LogP contribution in [0.3, 0.4) is 0 Å². The van der Waals surface area contributed by atoms with E-state index in [1.165, 1.54) is 0 Å². The van der Waals surface area contributed by atoms with Crippen LogP contribution in [0.25, 0.3) is 16.2 Å². The highest BCUT2D eigenvalue weighted by Crippen LogP contribution is 2.41. The Balaban J connectivity index is 1.98. The summed E-state index contributed by atoms with van der Waals surface area (Å²) in [6.07, 6.45) is 3.68. The Morgan fingerprint density at radius 2 is 2.00 bits per heavy atom. The molecule has 3 rings (SSSR count). The van der Waals surface area contributed by atoms with Gasteiger partial charge in [-0.15, -0.1) is 11.3 Å². The van der Waals surface area contributed by atoms with Gasteiger partial charge in [0.15, 0.2) is 13.2 Å². The van der Waals surface area contributed by atoms with Crippen LogP contribution in [0.2, 0.25) is 18.1 Å². The zero-order valence-electron chi connectivity index (χ0n) is 17.0. The van der Waals surface area contributed by atoms with E-state index < -0.39 is 14.3 Å². The highest BCUT2D eigenvalue weighted by atomic mass is 32.1. The fourth-order valence-electron chi connectivity index (χ4n) is 2.65. The molecular formula is C20H26N2O4SSi. The fourth-order valence-corrected chi connectivity index (χ4v) is 4.66. The molecule has 0 aliphatic carbocycles. The molecule has 0 bridgehead atoms. The Morgan fingerprint density at radius 3 is 2.57 bits per heavy atom. The summed E-state index contributed by atoms with van der Waals surface area (Å²) in [5, 5.41) is 19.6. The molecule has 0 radical (unpaired) electrons. The lowest BCUT2D eigenvalue weighted by atomic mass is 10.2. The molecule has 0 atom stereocenters. The summed E-state index contributed by atoms with van der Waals surface area (Å²) in [6, 6.07) is 3.93. The van der Waals surface area contributed by atoms with Crippen molar-refractivity contribution in [1.29, 1.82) is 0 Å². The molecule has 8 heteroatoms. The van der Waals surface area contributed by atoms with Gasteiger partial charge in [-0.1, -0.05) is 26.8 Å². The molecule has 3 aromatic rings. The van der Waals surface area contributed by atoms with Gasteiger partial charge in [-0.2, -0.15) is 0 Å². The van der Waals surface area contributed by atoms with Crippen LogP contribution in [0.4, 0.5) is 0 Å². The Labute approximate surface area is 169 Å². The van der Waals surface area contributed by atoms with E-state index in [0.29, 0.717) is 17.0 Å². The van der Waals surface area contributed by atoms with Gasteiger partial charge < -0.3 is 14.6 Å². The van der Waals surface area contributed by atoms with Crippen molar-refractivity contribution in [1.82, 2.24) is 9.38 Å². The van der Waals surface area contributed by atoms with Gasteiger partial charge in [0.05, 0.1) is 23.4 Å². The van der Waals surface area contributed by atoms with Crippen LogP contribution in [-0.4, -0.2) is 33.9 Å². The molecule has 0 saturated heterocycles. The molecule has 0 amide bonds. The van der Waals surface area contributed by atoms with Crippen molar-refractivity contribution in [3.63, 3.8) is 0 Å². The third-order valence-electron chi connectivity index (χ3n) is 5.51. The van der Waals surface area contributed by atoms with Gasteiger partial charge in [0, 0.05) is 11.8 Å². The zero-order valence-corrected chi connectivity index (χ0v) is 18.8. The van der Waals surface area contributed by atoms with Crippen LogP contribution < -0.4 is 0 Å². The molecule has 0 fully saturated rings. The SMILES string of the molecule is Cc1c(-c2cnc3ccc(CO[Si](C)(C)C(C)(C)C)cn23)sc(C(=O)O)c1O. The van der Waals surface area contributed by atoms with Crippen LogP contribution in [0.15, 0.2) is 24.5 Å². The first kappa shape index (κ1) is 20.6. The molecular weight excluding hydrogens is 392 g/mol. The summed E-state index contributed by atoms with van der Waals surface area (Å²) in [6.45, 7) is 13.3. The van der Waals surface area contributed by atoms with E-state index >= 15 is 0 Å². The smallest absolute Gasteiger partial charge is 0.349 e. The Hall–Kier alpha value is -2.16. The molecule has 3 heterocycles. The van der Waals surface area contributed by atoms with E-state index in [1.807, 2.05) is 22.7 Å². The monoisotopic (exact) mass is 418 g/mol. The van der Waals surface area contributed by atoms with E-state index in [9.17, 15) is 15.0 Å². The number of carboxylic acid groups (broad SMARTS) is 1. The van der Waals surface area contributed by atoms with Crippen LogP contribution in [0, 0.1) is 6.92 Å². The quantitative estimate of drug-likeness (QED) is 0.550. The van der Waals surface area contributed by atoms with Crippen molar-refractivity contribution >= 4 is 31.3 Å². The summed E-state index contributed by atoms with van der Waals surface area (Å²) in [5.74, 6) is -1.31. The summed E-state index contributed by atoms with van der Waals surface area (Å²) in [7, 11) is -1.86. The van der Waals surface area contributed by atoms with Gasteiger partial charge in [0.1, 0.15) is 11.4 Å². The molecule has 0 aliphatic rings. The summed E-state index contributed by atoms with van der Waals surface area (Å²) in [5.41, 5.74) is 3.09. The molecule has 0 spiro atoms. The second-order valence-corrected chi connectivity index (χ2v) is 14.3. The Kier molecular flexibility index (Phi) is 5.16. The molecule has 0 saturated carbocycles. The van der Waals surface area contributed by atoms with Gasteiger partial charge in [-0.25, -0.2) is 9.78 Å². The average Bonchev–Trinajstić information content (AvgIpc) is 3.13. The first-order chi connectivity index (χ1) is 12.9. The summed E-state index contributed by atoms with van der Waals surface area (Å²) < 4.78 is 8.24. The van der Waals surface area contributed by atoms with Crippen LogP contribution >= 0.6 is 11.3 Å². The van der Waals surface area contributed by atoms with Crippen molar-refractivity contribution in [2.45, 2.75) is 52.4 Å². The number of carboxylic acids is 1. The number of pyridine rings is 1. The van der Waals surface area contributed by atoms with Crippen molar-refractivity contribution in [2.75, 3.05) is 0 Å². The molecule has 3 aromatic heterocycles. The number of aromatic carboxylic acids is 1. The number of aromatic nitrogens is 2. The van der Waals surface area contributed by atoms with Crippen molar-refractivity contribution in [3.05, 3.63) is 40.5 Å². The van der Waals surface area contributed by atoms with Crippen molar-refractivity contribution in [2.24, 2.45) is 0 Å². The predicted molar refractivity (Wildman–Crippen MR) is 114 cm³/mol. The molecule has 0 aliphatic heterocycles. The number of carbonyl (C=O) groups is 1. The maximum absolute atomic E-state index is 11.4. The maximum atomic E-state index is 11.4. The standard InChI is InChI=1S/C20H26N2O4SSi/c1-12-16(23)18(19(24)25)27-17(12)14-9-21-15-8-7-13(10-22(14)15)11-26-28(5,6)20(2,3)4/h7-10,23H,11H2,1-6H3,(H,24,25). The van der Waals surface area contributed by atoms with Crippen molar-refractivity contribution < 1.29 is 19.4 Å². The third-order valence-corrected chi connectivity index (χ3v) is 11.3. The largest absolute Gasteiger partial charge is 0.506 e. The highest BCUT2D eigenvalue weighted by Gasteiger charge is 2.37. The third kappa shape index (κ3) is 3.59. The number of thiophene rings is 1. The fraction of sp³-hybridized carbons (Fsp3) is 0.400. The predicted octanol–water partition coefficient (Wildman–Crippen LogP) is 5.30. The van der Waals surface area contributed by atoms with Gasteiger partial charge in [-0.3, -0.25) is 4.40 Å². The van der Waals surface area contributed by atoms with E-state index in [1.54, 1.807) is 13.1 Å². The minimum absolute atomic E-state index is 0.0557. The van der Waals surface area contributed by atoms with E-state index in [0.717, 1.165) is 28.2 Å². The Morgan fingerprint density at radius 1 is 1.32 bits per heavy atom. The number of aromatic hydroxyl groups is 1. The highest BCUT2D eigenvalue weighted by molar-refractivity contribution is 7.17. The molecule has 2 N–H and O–H groups in total. The molecule has 0 unspecified atom stereocenters. The molecule has 150 valence electrons. The van der Waals surface area contributed by atoms with Gasteiger partial charge in [-0.05, 0) is 36.7 Å². The number of rotatable bonds is 5. The number of hydrogen-bond donors (Lipinski definition) is 2. The van der Waals surface area contributed by atoms with E-state index in [4.69, 9.17) is 4.43 Å². The average molecular weight is 419 g/mol. The first-order valence-electron chi connectivity index (χ1n) is 9.08. The topological polar surface area (TPSA) is 84.1 Å². The molecule has 0 aromatic carbocycles. The number of hydrogen-bond acceptors (Lipinski definition) is 5. The summed E-state index contributed by atoms with van der Waals surface area (Å²) >= 11 is 1.06. The lowest BCUT2D eigenvalue weighted by molar-refractivity contribution is 0.0699. The Bertz CT molecular complexity index is 1050. The minimum atomic E-state index is -1.86. The van der Waals surface area contributed by atoms with Crippen molar-refractivity contribution in [3.8, 4) is 16.3 Å². The second kappa shape index (κ2) is 7.02. The van der Waals surface area contributed by atoms with Gasteiger partial charge in [0.25, 0.3) is 0 Å². The lowest BCUT2D eigenvalue weighted by Crippen LogP contribution is -2.40. The van der Waals surface area contributed by atoms with E-state index in [2.05, 4.69) is 38.8 Å². The summed E-state index contributed by atoms with van der Waals surface area (Å²) in [4.78, 5) is 16.4. The first-order valence-corrected chi connectivity index (χ1v) is 12.8. The number of nitrogens with zero attached hydrogens (tertiary/aromatic N) is 2. The zero-order chi connectivity index (χ0) is 20.9. The number of fused-ring (bicyclic) bond motifs is 1. The van der Waals surface area contributed by atoms with Crippen LogP contribution in [-0.2, 0) is 11.0 Å². The maximum Gasteiger partial charge on any atom is 0.349 e. The van der Waals surface area contributed by atoms with Crippen LogP contribution in [0.5, 0.6) is 5.75 Å². The molecule has 28 heavy (non-hydrogen) atoms. The normalized spacial score (nSPS) is 12.6. The minimum Gasteiger partial charge on any atom is -0.506 e. The van der Waals surface area contributed by atoms with Gasteiger partial charge >= 0.3 is 5.97 Å². The number of imidazole rings is 1.